The zero-order valence-corrected chi connectivity index (χ0v) is 13.1. The van der Waals surface area contributed by atoms with Gasteiger partial charge in [-0.1, -0.05) is 12.1 Å². The molecule has 2 aromatic rings. The number of anilines is 2. The maximum atomic E-state index is 11.9. The minimum Gasteiger partial charge on any atom is -0.374 e. The van der Waals surface area contributed by atoms with Crippen LogP contribution in [-0.2, 0) is 11.2 Å². The third kappa shape index (κ3) is 2.54. The van der Waals surface area contributed by atoms with E-state index >= 15 is 0 Å². The van der Waals surface area contributed by atoms with E-state index in [2.05, 4.69) is 35.5 Å². The van der Waals surface area contributed by atoms with Crippen molar-refractivity contribution in [2.24, 2.45) is 5.73 Å². The summed E-state index contributed by atoms with van der Waals surface area (Å²) < 4.78 is 0. The van der Waals surface area contributed by atoms with Crippen molar-refractivity contribution in [1.82, 2.24) is 0 Å². The van der Waals surface area contributed by atoms with E-state index in [0.717, 1.165) is 29.9 Å². The molecule has 0 spiro atoms. The number of hydrogen-bond acceptors (Lipinski definition) is 4. The number of rotatable bonds is 4. The van der Waals surface area contributed by atoms with E-state index in [0.29, 0.717) is 0 Å². The first-order valence-electron chi connectivity index (χ1n) is 6.98. The first-order valence-corrected chi connectivity index (χ1v) is 7.86. The van der Waals surface area contributed by atoms with Crippen molar-refractivity contribution >= 4 is 28.6 Å². The Balaban J connectivity index is 1.76. The zero-order valence-electron chi connectivity index (χ0n) is 12.2. The molecule has 1 unspecified atom stereocenters. The van der Waals surface area contributed by atoms with E-state index in [9.17, 15) is 4.79 Å². The first-order chi connectivity index (χ1) is 10.1. The first kappa shape index (κ1) is 14.1. The van der Waals surface area contributed by atoms with E-state index in [4.69, 9.17) is 5.73 Å². The molecule has 1 aromatic carbocycles. The highest BCUT2D eigenvalue weighted by atomic mass is 32.1. The van der Waals surface area contributed by atoms with Gasteiger partial charge in [0.1, 0.15) is 6.04 Å². The number of nitrogens with zero attached hydrogens (tertiary/aromatic N) is 2. The van der Waals surface area contributed by atoms with Gasteiger partial charge in [-0.3, -0.25) is 4.79 Å². The summed E-state index contributed by atoms with van der Waals surface area (Å²) in [5.74, 6) is -0.0385. The molecular weight excluding hydrogens is 282 g/mol. The van der Waals surface area contributed by atoms with Crippen molar-refractivity contribution < 1.29 is 4.79 Å². The number of likely N-dealkylation sites (N-methyl/N-ethyl adjacent to an activating group) is 2. The van der Waals surface area contributed by atoms with Crippen molar-refractivity contribution in [3.05, 3.63) is 46.2 Å². The minimum atomic E-state index is -0.518. The molecule has 2 heterocycles. The van der Waals surface area contributed by atoms with Crippen LogP contribution in [0.2, 0.25) is 0 Å². The average molecular weight is 301 g/mol. The van der Waals surface area contributed by atoms with Crippen molar-refractivity contribution in [3.8, 4) is 0 Å². The molecule has 1 aliphatic heterocycles. The third-order valence-electron chi connectivity index (χ3n) is 4.02. The van der Waals surface area contributed by atoms with Gasteiger partial charge in [-0.15, -0.1) is 11.3 Å². The summed E-state index contributed by atoms with van der Waals surface area (Å²) in [5, 5.41) is 2.10. The van der Waals surface area contributed by atoms with Crippen molar-refractivity contribution in [3.63, 3.8) is 0 Å². The van der Waals surface area contributed by atoms with E-state index < -0.39 is 6.04 Å². The maximum absolute atomic E-state index is 11.9. The van der Waals surface area contributed by atoms with Crippen LogP contribution in [0.1, 0.15) is 16.5 Å². The second kappa shape index (κ2) is 5.50. The fourth-order valence-electron chi connectivity index (χ4n) is 2.65. The van der Waals surface area contributed by atoms with Crippen LogP contribution in [0.3, 0.4) is 0 Å². The molecule has 0 saturated heterocycles. The van der Waals surface area contributed by atoms with Gasteiger partial charge < -0.3 is 15.5 Å². The van der Waals surface area contributed by atoms with Gasteiger partial charge in [-0.05, 0) is 30.0 Å². The molecule has 0 saturated carbocycles. The normalized spacial score (nSPS) is 17.2. The van der Waals surface area contributed by atoms with E-state index in [1.165, 1.54) is 4.88 Å². The second-order valence-electron chi connectivity index (χ2n) is 5.37. The number of thiophene rings is 1. The van der Waals surface area contributed by atoms with Crippen molar-refractivity contribution in [1.29, 1.82) is 0 Å². The van der Waals surface area contributed by atoms with Crippen LogP contribution in [0, 0.1) is 0 Å². The Labute approximate surface area is 128 Å². The lowest BCUT2D eigenvalue weighted by molar-refractivity contribution is -0.118. The van der Waals surface area contributed by atoms with E-state index in [1.807, 2.05) is 12.1 Å². The number of nitrogens with two attached hydrogens (primary N) is 1. The summed E-state index contributed by atoms with van der Waals surface area (Å²) in [6.07, 6.45) is 1.03. The van der Waals surface area contributed by atoms with Gasteiger partial charge in [-0.2, -0.15) is 0 Å². The lowest BCUT2D eigenvalue weighted by Gasteiger charge is -2.21. The summed E-state index contributed by atoms with van der Waals surface area (Å²) in [6.45, 7) is 0.947. The number of benzene rings is 1. The summed E-state index contributed by atoms with van der Waals surface area (Å²) in [7, 11) is 3.86. The fourth-order valence-corrected chi connectivity index (χ4v) is 3.34. The molecule has 4 nitrogen and oxygen atoms in total. The second-order valence-corrected chi connectivity index (χ2v) is 6.40. The molecule has 1 amide bonds. The van der Waals surface area contributed by atoms with Gasteiger partial charge >= 0.3 is 0 Å². The summed E-state index contributed by atoms with van der Waals surface area (Å²) in [4.78, 5) is 17.2. The molecule has 1 atom stereocenters. The van der Waals surface area contributed by atoms with Gasteiger partial charge in [-0.25, -0.2) is 0 Å². The zero-order chi connectivity index (χ0) is 15.0. The Hall–Kier alpha value is -1.85. The molecule has 1 aliphatic rings. The van der Waals surface area contributed by atoms with E-state index in [1.54, 1.807) is 23.3 Å². The minimum absolute atomic E-state index is 0.0385. The summed E-state index contributed by atoms with van der Waals surface area (Å²) >= 11 is 1.79. The van der Waals surface area contributed by atoms with Crippen LogP contribution in [0.15, 0.2) is 35.7 Å². The van der Waals surface area contributed by atoms with Gasteiger partial charge in [0.2, 0.25) is 5.91 Å². The molecule has 2 N–H and O–H groups in total. The molecule has 21 heavy (non-hydrogen) atoms. The van der Waals surface area contributed by atoms with Crippen LogP contribution in [0.5, 0.6) is 0 Å². The topological polar surface area (TPSA) is 49.6 Å². The predicted molar refractivity (Wildman–Crippen MR) is 88.1 cm³/mol. The molecule has 110 valence electrons. The molecule has 0 radical (unpaired) electrons. The highest BCUT2D eigenvalue weighted by Gasteiger charge is 2.32. The molecule has 0 aliphatic carbocycles. The Morgan fingerprint density at radius 2 is 2.19 bits per heavy atom. The molecule has 1 aromatic heterocycles. The molecular formula is C16H19N3OS. The number of hydrogen-bond donors (Lipinski definition) is 1. The Bertz CT molecular complexity index is 654. The Kier molecular flexibility index (Phi) is 3.69. The third-order valence-corrected chi connectivity index (χ3v) is 4.96. The highest BCUT2D eigenvalue weighted by molar-refractivity contribution is 7.09. The molecule has 3 rings (SSSR count). The van der Waals surface area contributed by atoms with Crippen LogP contribution >= 0.6 is 11.3 Å². The van der Waals surface area contributed by atoms with Gasteiger partial charge in [0, 0.05) is 36.8 Å². The lowest BCUT2D eigenvalue weighted by atomic mass is 10.1. The largest absolute Gasteiger partial charge is 0.374 e. The van der Waals surface area contributed by atoms with Crippen LogP contribution in [0.4, 0.5) is 11.4 Å². The number of carbonyl (C=O) groups excluding carboxylic acids is 1. The Morgan fingerprint density at radius 3 is 2.90 bits per heavy atom. The van der Waals surface area contributed by atoms with Crippen molar-refractivity contribution in [2.45, 2.75) is 12.5 Å². The summed E-state index contributed by atoms with van der Waals surface area (Å²) in [5.41, 5.74) is 8.87. The van der Waals surface area contributed by atoms with Gasteiger partial charge in [0.15, 0.2) is 0 Å². The number of fused-ring (bicyclic) bond motifs is 1. The SMILES string of the molecule is CN(CCc1cccs1)c1ccc2c(c1)N(C)C(=O)C2N. The monoisotopic (exact) mass is 301 g/mol. The molecule has 0 bridgehead atoms. The van der Waals surface area contributed by atoms with Crippen LogP contribution in [0.25, 0.3) is 0 Å². The Morgan fingerprint density at radius 1 is 1.38 bits per heavy atom. The smallest absolute Gasteiger partial charge is 0.248 e. The number of amides is 1. The lowest BCUT2D eigenvalue weighted by Crippen LogP contribution is -2.27. The fraction of sp³-hybridized carbons (Fsp3) is 0.312. The van der Waals surface area contributed by atoms with Gasteiger partial charge in [0.05, 0.1) is 5.69 Å². The maximum Gasteiger partial charge on any atom is 0.248 e. The summed E-state index contributed by atoms with van der Waals surface area (Å²) in [6, 6.07) is 9.78. The standard InChI is InChI=1S/C16H19N3OS/c1-18(8-7-12-4-3-9-21-12)11-5-6-13-14(10-11)19(2)16(20)15(13)17/h3-6,9-10,15H,7-8,17H2,1-2H3. The average Bonchev–Trinajstić information content (AvgIpc) is 3.09. The highest BCUT2D eigenvalue weighted by Crippen LogP contribution is 2.36. The quantitative estimate of drug-likeness (QED) is 0.943. The molecule has 0 fully saturated rings. The molecule has 5 heteroatoms. The number of carbonyl (C=O) groups is 1. The van der Waals surface area contributed by atoms with Crippen molar-refractivity contribution in [2.75, 3.05) is 30.4 Å². The predicted octanol–water partition coefficient (Wildman–Crippen LogP) is 2.40. The van der Waals surface area contributed by atoms with Crippen LogP contribution in [-0.4, -0.2) is 26.5 Å². The van der Waals surface area contributed by atoms with Crippen LogP contribution < -0.4 is 15.5 Å². The van der Waals surface area contributed by atoms with E-state index in [-0.39, 0.29) is 5.91 Å². The van der Waals surface area contributed by atoms with Gasteiger partial charge in [0.25, 0.3) is 0 Å².